The molecule has 12 nitrogen and oxygen atoms in total. The van der Waals surface area contributed by atoms with Crippen LogP contribution in [0.4, 0.5) is 5.69 Å². The first-order chi connectivity index (χ1) is 21.0. The van der Waals surface area contributed by atoms with Crippen LogP contribution >= 0.6 is 0 Å². The second-order valence-electron chi connectivity index (χ2n) is 10.8. The lowest BCUT2D eigenvalue weighted by Crippen LogP contribution is -2.41. The zero-order valence-electron chi connectivity index (χ0n) is 24.4. The van der Waals surface area contributed by atoms with Crippen molar-refractivity contribution in [3.05, 3.63) is 59.9 Å². The van der Waals surface area contributed by atoms with Gasteiger partial charge in [0.1, 0.15) is 13.1 Å². The van der Waals surface area contributed by atoms with Crippen LogP contribution < -0.4 is 10.0 Å². The van der Waals surface area contributed by atoms with Crippen molar-refractivity contribution in [3.8, 4) is 0 Å². The van der Waals surface area contributed by atoms with E-state index in [1.54, 1.807) is 48.6 Å². The first-order valence-corrected chi connectivity index (χ1v) is 14.6. The third-order valence-electron chi connectivity index (χ3n) is 7.58. The van der Waals surface area contributed by atoms with E-state index in [-0.39, 0.29) is 42.8 Å². The first-order valence-electron chi connectivity index (χ1n) is 14.6. The number of aliphatic carboxylic acids is 4. The molecular formula is C32H38N2O10. The van der Waals surface area contributed by atoms with Crippen molar-refractivity contribution in [3.63, 3.8) is 0 Å². The van der Waals surface area contributed by atoms with Crippen molar-refractivity contribution in [2.45, 2.75) is 51.4 Å². The highest BCUT2D eigenvalue weighted by Gasteiger charge is 2.38. The molecule has 2 aliphatic carbocycles. The molecule has 4 N–H and O–H groups in total. The third-order valence-corrected chi connectivity index (χ3v) is 7.58. The molecular weight excluding hydrogens is 572 g/mol. The Morgan fingerprint density at radius 1 is 0.727 bits per heavy atom. The van der Waals surface area contributed by atoms with Gasteiger partial charge in [-0.05, 0) is 30.5 Å². The highest BCUT2D eigenvalue weighted by Crippen LogP contribution is 2.41. The number of hydrogen-bond acceptors (Lipinski definition) is 7. The molecule has 236 valence electrons. The number of carbonyl (C=O) groups excluding carboxylic acids is 1. The van der Waals surface area contributed by atoms with Gasteiger partial charge in [-0.25, -0.2) is 4.58 Å². The summed E-state index contributed by atoms with van der Waals surface area (Å²) in [6.45, 7) is 1.67. The molecule has 0 aromatic heterocycles. The SMILES string of the molecule is O=C(O)CCCN(CCCC(=O)O)c1ccc(C2=C([O-])C(C3C=CC(=[N+](CCCC(=O)O)CCCC(=O)O)C=C3)C2=O)cc1. The average Bonchev–Trinajstić information content (AvgIpc) is 2.96. The number of rotatable bonds is 19. The fourth-order valence-electron chi connectivity index (χ4n) is 5.34. The van der Waals surface area contributed by atoms with Gasteiger partial charge in [0.05, 0.1) is 12.8 Å². The molecule has 3 rings (SSSR count). The number of benzene rings is 1. The van der Waals surface area contributed by atoms with E-state index < -0.39 is 35.7 Å². The van der Waals surface area contributed by atoms with Gasteiger partial charge in [-0.3, -0.25) is 24.0 Å². The molecule has 1 atom stereocenters. The molecule has 0 saturated carbocycles. The minimum Gasteiger partial charge on any atom is -0.874 e. The quantitative estimate of drug-likeness (QED) is 0.168. The van der Waals surface area contributed by atoms with Crippen LogP contribution in [0.1, 0.15) is 56.9 Å². The second-order valence-corrected chi connectivity index (χ2v) is 10.8. The van der Waals surface area contributed by atoms with Crippen LogP contribution in [-0.2, 0) is 24.0 Å². The summed E-state index contributed by atoms with van der Waals surface area (Å²) in [7, 11) is 0. The zero-order valence-corrected chi connectivity index (χ0v) is 24.4. The summed E-state index contributed by atoms with van der Waals surface area (Å²) in [4.78, 5) is 58.8. The second kappa shape index (κ2) is 16.2. The summed E-state index contributed by atoms with van der Waals surface area (Å²) >= 11 is 0. The van der Waals surface area contributed by atoms with Crippen molar-refractivity contribution in [1.82, 2.24) is 0 Å². The Hall–Kier alpha value is -4.74. The molecule has 0 radical (unpaired) electrons. The van der Waals surface area contributed by atoms with E-state index >= 15 is 0 Å². The van der Waals surface area contributed by atoms with Gasteiger partial charge in [-0.15, -0.1) is 5.76 Å². The Morgan fingerprint density at radius 2 is 1.18 bits per heavy atom. The van der Waals surface area contributed by atoms with Gasteiger partial charge < -0.3 is 30.4 Å². The summed E-state index contributed by atoms with van der Waals surface area (Å²) in [5, 5.41) is 49.0. The number of allylic oxidation sites excluding steroid dienone is 6. The summed E-state index contributed by atoms with van der Waals surface area (Å²) < 4.78 is 1.91. The number of ketones is 1. The van der Waals surface area contributed by atoms with E-state index in [2.05, 4.69) is 0 Å². The molecule has 0 saturated heterocycles. The predicted octanol–water partition coefficient (Wildman–Crippen LogP) is 2.42. The van der Waals surface area contributed by atoms with E-state index in [1.165, 1.54) is 0 Å². The molecule has 0 bridgehead atoms. The van der Waals surface area contributed by atoms with E-state index in [0.717, 1.165) is 11.4 Å². The Bertz CT molecular complexity index is 1320. The lowest BCUT2D eigenvalue weighted by Gasteiger charge is -2.40. The number of carboxylic acid groups (broad SMARTS) is 4. The largest absolute Gasteiger partial charge is 0.874 e. The molecule has 1 aromatic carbocycles. The molecule has 12 heteroatoms. The average molecular weight is 611 g/mol. The Kier molecular flexibility index (Phi) is 12.4. The molecule has 0 spiro atoms. The van der Waals surface area contributed by atoms with Crippen LogP contribution in [0.15, 0.2) is 54.3 Å². The lowest BCUT2D eigenvalue weighted by molar-refractivity contribution is -0.527. The van der Waals surface area contributed by atoms with Crippen LogP contribution in [0.3, 0.4) is 0 Å². The predicted molar refractivity (Wildman–Crippen MR) is 158 cm³/mol. The van der Waals surface area contributed by atoms with Gasteiger partial charge in [0, 0.05) is 74.0 Å². The minimum atomic E-state index is -0.917. The maximum absolute atomic E-state index is 13.2. The molecule has 44 heavy (non-hydrogen) atoms. The Morgan fingerprint density at radius 3 is 1.61 bits per heavy atom. The fraction of sp³-hybridized carbons (Fsp3) is 0.438. The number of carbonyl (C=O) groups is 5. The van der Waals surface area contributed by atoms with E-state index in [0.29, 0.717) is 57.4 Å². The van der Waals surface area contributed by atoms with Crippen molar-refractivity contribution < 1.29 is 54.1 Å². The van der Waals surface area contributed by atoms with Crippen molar-refractivity contribution in [2.24, 2.45) is 11.8 Å². The molecule has 1 unspecified atom stereocenters. The Balaban J connectivity index is 1.71. The summed E-state index contributed by atoms with van der Waals surface area (Å²) in [5.74, 6) is -5.50. The number of Topliss-reactive ketones (excluding diaryl/α,β-unsaturated/α-hetero) is 1. The van der Waals surface area contributed by atoms with Crippen LogP contribution in [0, 0.1) is 11.8 Å². The first kappa shape index (κ1) is 33.8. The van der Waals surface area contributed by atoms with Crippen LogP contribution in [0.2, 0.25) is 0 Å². The fourth-order valence-corrected chi connectivity index (χ4v) is 5.34. The van der Waals surface area contributed by atoms with Crippen LogP contribution in [-0.4, -0.2) is 86.6 Å². The van der Waals surface area contributed by atoms with Gasteiger partial charge in [-0.1, -0.05) is 24.3 Å². The Labute approximate surface area is 254 Å². The maximum Gasteiger partial charge on any atom is 0.303 e. The molecule has 0 heterocycles. The number of nitrogens with zero attached hydrogens (tertiary/aromatic N) is 2. The summed E-state index contributed by atoms with van der Waals surface area (Å²) in [5.41, 5.74) is 2.09. The van der Waals surface area contributed by atoms with E-state index in [4.69, 9.17) is 20.4 Å². The summed E-state index contributed by atoms with van der Waals surface area (Å²) in [6.07, 6.45) is 8.55. The van der Waals surface area contributed by atoms with Crippen molar-refractivity contribution >= 4 is 46.6 Å². The van der Waals surface area contributed by atoms with Gasteiger partial charge >= 0.3 is 23.9 Å². The standard InChI is InChI=1S/C32H38N2O10/c35-25(36)5-1-17-33(18-2-6-26(37)38)23-13-9-21(10-14-23)29-31(43)30(32(29)44)22-11-15-24(16-12-22)34(19-3-7-27(39)40)20-4-8-28(41)42/h9-16,21,29H,1-8,17-20H2,(H4-,35,36,37,38,39,40,41,42,43,44). The topological polar surface area (TPSA) is 196 Å². The van der Waals surface area contributed by atoms with Crippen molar-refractivity contribution in [2.75, 3.05) is 31.1 Å². The van der Waals surface area contributed by atoms with Crippen molar-refractivity contribution in [1.29, 1.82) is 0 Å². The number of hydrogen-bond donors (Lipinski definition) is 4. The highest BCUT2D eigenvalue weighted by molar-refractivity contribution is 6.29. The van der Waals surface area contributed by atoms with Gasteiger partial charge in [0.2, 0.25) is 0 Å². The minimum absolute atomic E-state index is 0.0170. The van der Waals surface area contributed by atoms with Gasteiger partial charge in [0.15, 0.2) is 11.5 Å². The van der Waals surface area contributed by atoms with E-state index in [9.17, 15) is 29.1 Å². The molecule has 1 aromatic rings. The normalized spacial score (nSPS) is 17.4. The molecule has 2 aliphatic rings. The van der Waals surface area contributed by atoms with Gasteiger partial charge in [0.25, 0.3) is 0 Å². The molecule has 0 fully saturated rings. The van der Waals surface area contributed by atoms with Crippen LogP contribution in [0.25, 0.3) is 5.57 Å². The molecule has 0 aliphatic heterocycles. The maximum atomic E-state index is 13.2. The zero-order chi connectivity index (χ0) is 32.2. The highest BCUT2D eigenvalue weighted by atomic mass is 16.4. The number of anilines is 1. The third kappa shape index (κ3) is 9.65. The molecule has 0 amide bonds. The number of carboxylic acids is 4. The monoisotopic (exact) mass is 610 g/mol. The summed E-state index contributed by atoms with van der Waals surface area (Å²) in [6, 6.07) is 6.82. The van der Waals surface area contributed by atoms with Gasteiger partial charge in [-0.2, -0.15) is 0 Å². The smallest absolute Gasteiger partial charge is 0.303 e. The van der Waals surface area contributed by atoms with E-state index in [1.807, 2.05) is 9.48 Å². The van der Waals surface area contributed by atoms with Crippen LogP contribution in [0.5, 0.6) is 0 Å². The lowest BCUT2D eigenvalue weighted by atomic mass is 9.71.